The molecule has 3 aromatic carbocycles. The Morgan fingerprint density at radius 2 is 1.71 bits per heavy atom. The van der Waals surface area contributed by atoms with Crippen LogP contribution < -0.4 is 9.80 Å². The van der Waals surface area contributed by atoms with Gasteiger partial charge < -0.3 is 5.32 Å². The van der Waals surface area contributed by atoms with E-state index in [0.717, 1.165) is 16.9 Å². The number of carbonyl (C=O) groups excluding carboxylic acids is 2. The highest BCUT2D eigenvalue weighted by Gasteiger charge is 2.52. The van der Waals surface area contributed by atoms with Crippen molar-refractivity contribution in [3.05, 3.63) is 95.5 Å². The number of nitrogens with zero attached hydrogens (tertiary/aromatic N) is 2. The van der Waals surface area contributed by atoms with Gasteiger partial charge in [0.2, 0.25) is 11.7 Å². The van der Waals surface area contributed by atoms with E-state index in [-0.39, 0.29) is 22.2 Å². The minimum atomic E-state index is -0.184. The normalized spacial score (nSPS) is 17.2. The number of rotatable bonds is 6. The van der Waals surface area contributed by atoms with Gasteiger partial charge in [-0.15, -0.1) is 11.1 Å². The van der Waals surface area contributed by atoms with Gasteiger partial charge in [-0.1, -0.05) is 49.7 Å². The van der Waals surface area contributed by atoms with E-state index in [4.69, 9.17) is 16.6 Å². The van der Waals surface area contributed by atoms with Crippen LogP contribution in [-0.4, -0.2) is 17.6 Å². The number of benzene rings is 3. The van der Waals surface area contributed by atoms with Crippen molar-refractivity contribution >= 4 is 52.0 Å². The van der Waals surface area contributed by atoms with Crippen molar-refractivity contribution in [2.75, 3.05) is 5.32 Å². The predicted octanol–water partition coefficient (Wildman–Crippen LogP) is 7.21. The van der Waals surface area contributed by atoms with E-state index >= 15 is 0 Å². The zero-order valence-electron chi connectivity index (χ0n) is 19.5. The Kier molecular flexibility index (Phi) is 6.51. The van der Waals surface area contributed by atoms with Gasteiger partial charge in [-0.2, -0.15) is 4.99 Å². The number of carbonyl (C=O) groups is 2. The molecule has 1 heterocycles. The smallest absolute Gasteiger partial charge is 0.326 e. The molecule has 1 unspecified atom stereocenters. The number of amides is 2. The van der Waals surface area contributed by atoms with Gasteiger partial charge in [0.05, 0.1) is 5.69 Å². The first-order chi connectivity index (χ1) is 16.3. The molecular formula is C28H27ClN3O2+. The molecule has 3 aromatic rings. The lowest BCUT2D eigenvalue weighted by Crippen LogP contribution is -2.57. The lowest BCUT2D eigenvalue weighted by molar-refractivity contribution is -0.114. The molecule has 1 N–H and O–H groups in total. The summed E-state index contributed by atoms with van der Waals surface area (Å²) in [5, 5.41) is 3.46. The van der Waals surface area contributed by atoms with Crippen LogP contribution in [0.25, 0.3) is 0 Å². The fraction of sp³-hybridized carbons (Fsp3) is 0.179. The number of anilines is 1. The number of allylic oxidation sites excluding steroid dienone is 1. The van der Waals surface area contributed by atoms with Crippen molar-refractivity contribution in [2.24, 2.45) is 10.9 Å². The Labute approximate surface area is 205 Å². The fourth-order valence-electron chi connectivity index (χ4n) is 4.55. The van der Waals surface area contributed by atoms with E-state index in [1.165, 1.54) is 6.92 Å². The van der Waals surface area contributed by atoms with Crippen molar-refractivity contribution in [3.8, 4) is 0 Å². The average Bonchev–Trinajstić information content (AvgIpc) is 2.81. The average molecular weight is 473 g/mol. The summed E-state index contributed by atoms with van der Waals surface area (Å²) in [6.45, 7) is 9.40. The number of nitrogens with one attached hydrogen (secondary N) is 1. The summed E-state index contributed by atoms with van der Waals surface area (Å²) in [6.07, 6.45) is 2.22. The van der Waals surface area contributed by atoms with Crippen LogP contribution in [0.3, 0.4) is 0 Å². The largest absolute Gasteiger partial charge is 0.364 e. The molecule has 0 spiro atoms. The predicted molar refractivity (Wildman–Crippen MR) is 140 cm³/mol. The van der Waals surface area contributed by atoms with E-state index in [1.54, 1.807) is 30.3 Å². The van der Waals surface area contributed by atoms with E-state index in [0.29, 0.717) is 34.2 Å². The maximum Gasteiger partial charge on any atom is 0.364 e. The highest BCUT2D eigenvalue weighted by molar-refractivity contribution is 6.31. The molecule has 0 radical (unpaired) electrons. The molecule has 0 fully saturated rings. The molecule has 34 heavy (non-hydrogen) atoms. The van der Waals surface area contributed by atoms with Gasteiger partial charge in [-0.3, -0.25) is 4.79 Å². The molecule has 5 nitrogen and oxygen atoms in total. The summed E-state index contributed by atoms with van der Waals surface area (Å²) in [7, 11) is 0. The first-order valence-electron chi connectivity index (χ1n) is 11.2. The summed E-state index contributed by atoms with van der Waals surface area (Å²) in [5.74, 6) is 0.336. The van der Waals surface area contributed by atoms with Crippen molar-refractivity contribution in [1.29, 1.82) is 0 Å². The van der Waals surface area contributed by atoms with E-state index in [9.17, 15) is 9.59 Å². The van der Waals surface area contributed by atoms with Gasteiger partial charge in [0.25, 0.3) is 0 Å². The summed E-state index contributed by atoms with van der Waals surface area (Å²) in [6, 6.07) is 20.6. The van der Waals surface area contributed by atoms with Gasteiger partial charge in [-0.05, 0) is 30.7 Å². The molecule has 0 saturated heterocycles. The minimum Gasteiger partial charge on any atom is -0.326 e. The third-order valence-corrected chi connectivity index (χ3v) is 6.17. The van der Waals surface area contributed by atoms with Gasteiger partial charge >= 0.3 is 5.91 Å². The number of amidine groups is 1. The summed E-state index contributed by atoms with van der Waals surface area (Å²) in [5.41, 5.74) is 4.04. The van der Waals surface area contributed by atoms with Crippen molar-refractivity contribution in [3.63, 3.8) is 0 Å². The summed E-state index contributed by atoms with van der Waals surface area (Å²) >= 11 is 6.21. The highest BCUT2D eigenvalue weighted by atomic mass is 35.5. The standard InChI is InChI=1S/C28H26ClN3O2/c1-5-9-23-25(30-19(4)33)17-16-24-26(23)31-27(18(2)3)32(28(24)34,21-10-7-6-8-11-21)22-14-12-20(29)13-15-22/h5-8,10-18H,1,9H2,2-4H3/p+1. The summed E-state index contributed by atoms with van der Waals surface area (Å²) < 4.78 is -0.157. The summed E-state index contributed by atoms with van der Waals surface area (Å²) in [4.78, 5) is 31.5. The molecule has 1 atom stereocenters. The quantitative estimate of drug-likeness (QED) is 0.304. The van der Waals surface area contributed by atoms with E-state index in [1.807, 2.05) is 56.3 Å². The van der Waals surface area contributed by atoms with Gasteiger partial charge in [0.15, 0.2) is 11.4 Å². The van der Waals surface area contributed by atoms with Gasteiger partial charge in [0, 0.05) is 53.4 Å². The number of fused-ring (bicyclic) bond motifs is 1. The third-order valence-electron chi connectivity index (χ3n) is 5.92. The zero-order chi connectivity index (χ0) is 24.5. The Hall–Kier alpha value is -3.54. The number of halogens is 1. The second kappa shape index (κ2) is 9.37. The van der Waals surface area contributed by atoms with Crippen molar-refractivity contribution in [1.82, 2.24) is 4.48 Å². The molecule has 1 aliphatic heterocycles. The van der Waals surface area contributed by atoms with Crippen LogP contribution in [0.5, 0.6) is 0 Å². The van der Waals surface area contributed by atoms with Crippen LogP contribution in [0.4, 0.5) is 22.7 Å². The lowest BCUT2D eigenvalue weighted by Gasteiger charge is -2.39. The molecule has 0 aliphatic carbocycles. The molecule has 4 rings (SSSR count). The van der Waals surface area contributed by atoms with Crippen LogP contribution in [0.1, 0.15) is 36.7 Å². The maximum absolute atomic E-state index is 14.6. The molecule has 0 aromatic heterocycles. The topological polar surface area (TPSA) is 58.5 Å². The lowest BCUT2D eigenvalue weighted by atomic mass is 9.94. The number of aliphatic imine (C=N–C) groups is 1. The van der Waals surface area contributed by atoms with Crippen LogP contribution in [0.2, 0.25) is 5.02 Å². The molecule has 1 aliphatic rings. The Morgan fingerprint density at radius 3 is 2.29 bits per heavy atom. The number of para-hydroxylation sites is 1. The molecule has 0 bridgehead atoms. The first kappa shape index (κ1) is 23.6. The molecule has 2 amide bonds. The maximum atomic E-state index is 14.6. The van der Waals surface area contributed by atoms with Crippen LogP contribution in [0, 0.1) is 5.92 Å². The highest BCUT2D eigenvalue weighted by Crippen LogP contribution is 2.46. The van der Waals surface area contributed by atoms with Crippen molar-refractivity contribution in [2.45, 2.75) is 27.2 Å². The molecule has 0 saturated carbocycles. The van der Waals surface area contributed by atoms with Gasteiger partial charge in [-0.25, -0.2) is 4.79 Å². The first-order valence-corrected chi connectivity index (χ1v) is 11.6. The van der Waals surface area contributed by atoms with E-state index in [2.05, 4.69) is 11.9 Å². The number of hydrogen-bond donors (Lipinski definition) is 1. The zero-order valence-corrected chi connectivity index (χ0v) is 20.3. The molecule has 6 heteroatoms. The van der Waals surface area contributed by atoms with Crippen LogP contribution in [-0.2, 0) is 11.2 Å². The van der Waals surface area contributed by atoms with Crippen molar-refractivity contribution < 1.29 is 9.59 Å². The number of quaternary nitrogens is 1. The number of hydrogen-bond acceptors (Lipinski definition) is 3. The Morgan fingerprint density at radius 1 is 1.06 bits per heavy atom. The molecular weight excluding hydrogens is 446 g/mol. The monoisotopic (exact) mass is 472 g/mol. The fourth-order valence-corrected chi connectivity index (χ4v) is 4.68. The van der Waals surface area contributed by atoms with E-state index < -0.39 is 0 Å². The van der Waals surface area contributed by atoms with Crippen LogP contribution >= 0.6 is 11.6 Å². The second-order valence-electron chi connectivity index (χ2n) is 8.57. The Balaban J connectivity index is 2.10. The second-order valence-corrected chi connectivity index (χ2v) is 9.01. The Bertz CT molecular complexity index is 1300. The van der Waals surface area contributed by atoms with Crippen LogP contribution in [0.15, 0.2) is 84.4 Å². The SMILES string of the molecule is C=CCc1c(NC(C)=O)ccc2c1N=C(C(C)C)[N+](c1ccccc1)(c1ccc(Cl)cc1)C2=O. The van der Waals surface area contributed by atoms with Gasteiger partial charge in [0.1, 0.15) is 5.56 Å². The molecule has 172 valence electrons. The minimum absolute atomic E-state index is 0.0611. The third kappa shape index (κ3) is 3.87.